The summed E-state index contributed by atoms with van der Waals surface area (Å²) in [4.78, 5) is 24.1. The molecule has 6 nitrogen and oxygen atoms in total. The molecule has 1 aliphatic rings. The number of carboxylic acid groups (broad SMARTS) is 1. The summed E-state index contributed by atoms with van der Waals surface area (Å²) in [7, 11) is 0. The lowest BCUT2D eigenvalue weighted by Crippen LogP contribution is -2.34. The quantitative estimate of drug-likeness (QED) is 0.233. The summed E-state index contributed by atoms with van der Waals surface area (Å²) < 4.78 is 0.882. The molecule has 0 aliphatic carbocycles. The van der Waals surface area contributed by atoms with Crippen molar-refractivity contribution >= 4 is 50.5 Å². The maximum absolute atomic E-state index is 13.1. The Labute approximate surface area is 219 Å². The van der Waals surface area contributed by atoms with Crippen LogP contribution in [0.1, 0.15) is 55.4 Å². The van der Waals surface area contributed by atoms with E-state index in [2.05, 4.69) is 40.4 Å². The zero-order valence-corrected chi connectivity index (χ0v) is 22.0. The third-order valence-electron chi connectivity index (χ3n) is 6.84. The highest BCUT2D eigenvalue weighted by molar-refractivity contribution is 9.10. The number of carbonyl (C=O) groups is 2. The Hall–Kier alpha value is -3.42. The van der Waals surface area contributed by atoms with Crippen LogP contribution in [0.4, 0.5) is 11.4 Å². The predicted molar refractivity (Wildman–Crippen MR) is 148 cm³/mol. The summed E-state index contributed by atoms with van der Waals surface area (Å²) in [5.74, 6) is -1.01. The van der Waals surface area contributed by atoms with Gasteiger partial charge >= 0.3 is 5.97 Å². The van der Waals surface area contributed by atoms with Gasteiger partial charge in [0.05, 0.1) is 17.0 Å². The summed E-state index contributed by atoms with van der Waals surface area (Å²) in [6.45, 7) is 4.18. The van der Waals surface area contributed by atoms with Crippen molar-refractivity contribution in [2.45, 2.75) is 45.1 Å². The predicted octanol–water partition coefficient (Wildman–Crippen LogP) is 6.37. The normalized spacial score (nSPS) is 14.3. The van der Waals surface area contributed by atoms with E-state index in [-0.39, 0.29) is 17.9 Å². The number of rotatable bonds is 9. The molecule has 0 bridgehead atoms. The van der Waals surface area contributed by atoms with Crippen molar-refractivity contribution in [2.24, 2.45) is 5.73 Å². The molecule has 3 aromatic rings. The highest BCUT2D eigenvalue weighted by Crippen LogP contribution is 2.39. The zero-order chi connectivity index (χ0) is 25.9. The van der Waals surface area contributed by atoms with Crippen LogP contribution in [0.25, 0.3) is 11.3 Å². The van der Waals surface area contributed by atoms with Crippen LogP contribution >= 0.6 is 15.9 Å². The van der Waals surface area contributed by atoms with Crippen molar-refractivity contribution in [3.63, 3.8) is 0 Å². The molecule has 0 saturated heterocycles. The maximum Gasteiger partial charge on any atom is 0.303 e. The number of hydrogen-bond acceptors (Lipinski definition) is 4. The fraction of sp³-hybridized carbons (Fsp3) is 0.241. The van der Waals surface area contributed by atoms with Gasteiger partial charge in [0.2, 0.25) is 0 Å². The fourth-order valence-electron chi connectivity index (χ4n) is 4.45. The molecule has 1 heterocycles. The van der Waals surface area contributed by atoms with Crippen LogP contribution in [-0.2, 0) is 21.5 Å². The molecular formula is C29H30BrN3O3. The molecule has 1 amide bonds. The van der Waals surface area contributed by atoms with E-state index in [0.717, 1.165) is 50.9 Å². The molecule has 0 atom stereocenters. The number of carbonyl (C=O) groups excluding carboxylic acids is 1. The minimum Gasteiger partial charge on any atom is -0.481 e. The molecule has 0 spiro atoms. The summed E-state index contributed by atoms with van der Waals surface area (Å²) >= 11 is 3.47. The van der Waals surface area contributed by atoms with E-state index >= 15 is 0 Å². The van der Waals surface area contributed by atoms with Crippen LogP contribution in [0.15, 0.2) is 71.2 Å². The van der Waals surface area contributed by atoms with E-state index in [9.17, 15) is 9.59 Å². The molecule has 36 heavy (non-hydrogen) atoms. The number of hydrogen-bond donors (Lipinski definition) is 4. The lowest BCUT2D eigenvalue weighted by Gasteiger charge is -2.27. The van der Waals surface area contributed by atoms with Crippen LogP contribution < -0.4 is 16.4 Å². The smallest absolute Gasteiger partial charge is 0.303 e. The molecule has 0 aromatic heterocycles. The average molecular weight is 548 g/mol. The van der Waals surface area contributed by atoms with Gasteiger partial charge in [-0.3, -0.25) is 9.59 Å². The first-order valence-corrected chi connectivity index (χ1v) is 12.9. The molecule has 0 radical (unpaired) electrons. The number of anilines is 2. The second kappa shape index (κ2) is 10.7. The number of fused-ring (bicyclic) bond motifs is 1. The van der Waals surface area contributed by atoms with E-state index in [1.54, 1.807) is 0 Å². The molecule has 0 fully saturated rings. The minimum atomic E-state index is -0.829. The molecule has 0 unspecified atom stereocenters. The third-order valence-corrected chi connectivity index (χ3v) is 7.33. The summed E-state index contributed by atoms with van der Waals surface area (Å²) in [5.41, 5.74) is 12.7. The van der Waals surface area contributed by atoms with Crippen molar-refractivity contribution in [1.29, 1.82) is 0 Å². The van der Waals surface area contributed by atoms with Gasteiger partial charge < -0.3 is 21.5 Å². The monoisotopic (exact) mass is 547 g/mol. The zero-order valence-electron chi connectivity index (χ0n) is 20.4. The van der Waals surface area contributed by atoms with Gasteiger partial charge in [0.15, 0.2) is 0 Å². The lowest BCUT2D eigenvalue weighted by atomic mass is 9.86. The van der Waals surface area contributed by atoms with Gasteiger partial charge in [0.1, 0.15) is 0 Å². The minimum absolute atomic E-state index is 0.0701. The summed E-state index contributed by atoms with van der Waals surface area (Å²) in [6.07, 6.45) is 2.20. The van der Waals surface area contributed by atoms with Gasteiger partial charge in [0, 0.05) is 27.7 Å². The van der Waals surface area contributed by atoms with E-state index in [1.165, 1.54) is 0 Å². The van der Waals surface area contributed by atoms with E-state index in [1.807, 2.05) is 66.7 Å². The Morgan fingerprint density at radius 1 is 1.03 bits per heavy atom. The highest BCUT2D eigenvalue weighted by Gasteiger charge is 2.29. The fourth-order valence-corrected chi connectivity index (χ4v) is 4.81. The van der Waals surface area contributed by atoms with Crippen molar-refractivity contribution < 1.29 is 14.7 Å². The van der Waals surface area contributed by atoms with E-state index in [0.29, 0.717) is 17.7 Å². The molecule has 4 rings (SSSR count). The summed E-state index contributed by atoms with van der Waals surface area (Å²) in [6, 6.07) is 21.4. The largest absolute Gasteiger partial charge is 0.481 e. The first kappa shape index (κ1) is 25.7. The summed E-state index contributed by atoms with van der Waals surface area (Å²) in [5, 5.41) is 15.4. The first-order chi connectivity index (χ1) is 17.2. The average Bonchev–Trinajstić information content (AvgIpc) is 3.20. The molecule has 3 aromatic carbocycles. The SMILES string of the molecule is CCC(N)(CC)c1ccc(N/C(=C2\C(=O)Nc3cc(Br)ccc32)c2ccc(CCC(=O)O)cc2)cc1. The number of nitrogens with one attached hydrogen (secondary N) is 2. The maximum atomic E-state index is 13.1. The topological polar surface area (TPSA) is 104 Å². The standard InChI is InChI=1S/C29H30BrN3O3/c1-3-29(31,4-2)20-10-13-22(14-11-20)32-27(19-8-5-18(6-9-19)7-16-25(34)35)26-23-15-12-21(30)17-24(23)33-28(26)36/h5-6,8-15,17,32H,3-4,7,16,31H2,1-2H3,(H,33,36)(H,34,35)/b27-26-. The number of aryl methyl sites for hydroxylation is 1. The lowest BCUT2D eigenvalue weighted by molar-refractivity contribution is -0.137. The highest BCUT2D eigenvalue weighted by atomic mass is 79.9. The molecule has 7 heteroatoms. The Kier molecular flexibility index (Phi) is 7.62. The van der Waals surface area contributed by atoms with Gasteiger partial charge in [-0.1, -0.05) is 72.2 Å². The molecule has 0 saturated carbocycles. The van der Waals surface area contributed by atoms with E-state index in [4.69, 9.17) is 10.8 Å². The molecule has 5 N–H and O–H groups in total. The van der Waals surface area contributed by atoms with Crippen LogP contribution in [-0.4, -0.2) is 17.0 Å². The van der Waals surface area contributed by atoms with Crippen LogP contribution in [0, 0.1) is 0 Å². The second-order valence-electron chi connectivity index (χ2n) is 9.05. The number of halogens is 1. The Morgan fingerprint density at radius 3 is 2.31 bits per heavy atom. The van der Waals surface area contributed by atoms with Crippen molar-refractivity contribution in [3.05, 3.63) is 93.5 Å². The Balaban J connectivity index is 1.76. The van der Waals surface area contributed by atoms with E-state index < -0.39 is 5.97 Å². The van der Waals surface area contributed by atoms with Crippen molar-refractivity contribution in [3.8, 4) is 0 Å². The van der Waals surface area contributed by atoms with Gasteiger partial charge in [-0.25, -0.2) is 0 Å². The van der Waals surface area contributed by atoms with Crippen LogP contribution in [0.5, 0.6) is 0 Å². The van der Waals surface area contributed by atoms with Gasteiger partial charge in [0.25, 0.3) is 5.91 Å². The van der Waals surface area contributed by atoms with Crippen LogP contribution in [0.2, 0.25) is 0 Å². The number of benzene rings is 3. The molecule has 1 aliphatic heterocycles. The number of aliphatic carboxylic acids is 1. The second-order valence-corrected chi connectivity index (χ2v) is 9.97. The van der Waals surface area contributed by atoms with Crippen molar-refractivity contribution in [1.82, 2.24) is 0 Å². The molecular weight excluding hydrogens is 518 g/mol. The van der Waals surface area contributed by atoms with Crippen molar-refractivity contribution in [2.75, 3.05) is 10.6 Å². The Bertz CT molecular complexity index is 1310. The Morgan fingerprint density at radius 2 is 1.69 bits per heavy atom. The van der Waals surface area contributed by atoms with Gasteiger partial charge in [-0.05, 0) is 60.2 Å². The number of carboxylic acids is 1. The van der Waals surface area contributed by atoms with Crippen LogP contribution in [0.3, 0.4) is 0 Å². The number of nitrogens with two attached hydrogens (primary N) is 1. The molecule has 186 valence electrons. The number of amides is 1. The van der Waals surface area contributed by atoms with Gasteiger partial charge in [-0.2, -0.15) is 0 Å². The third kappa shape index (κ3) is 5.37. The van der Waals surface area contributed by atoms with Gasteiger partial charge in [-0.15, -0.1) is 0 Å². The first-order valence-electron chi connectivity index (χ1n) is 12.1.